The number of fused-ring (bicyclic) bond motifs is 1. The van der Waals surface area contributed by atoms with Gasteiger partial charge >= 0.3 is 0 Å². The summed E-state index contributed by atoms with van der Waals surface area (Å²) in [4.78, 5) is 15.7. The highest BCUT2D eigenvalue weighted by atomic mass is 16.5. The third kappa shape index (κ3) is 7.55. The van der Waals surface area contributed by atoms with E-state index in [0.29, 0.717) is 42.0 Å². The van der Waals surface area contributed by atoms with Crippen LogP contribution in [0.5, 0.6) is 5.75 Å². The lowest BCUT2D eigenvalue weighted by Crippen LogP contribution is -2.43. The Bertz CT molecular complexity index is 1170. The van der Waals surface area contributed by atoms with E-state index in [0.717, 1.165) is 75.4 Å². The first-order chi connectivity index (χ1) is 19.0. The first-order valence-corrected chi connectivity index (χ1v) is 14.2. The van der Waals surface area contributed by atoms with Crippen molar-refractivity contribution in [3.05, 3.63) is 29.7 Å². The molecule has 39 heavy (non-hydrogen) atoms. The molecule has 3 aromatic heterocycles. The molecule has 214 valence electrons. The number of methoxy groups -OCH3 is 1. The van der Waals surface area contributed by atoms with Crippen LogP contribution in [0.3, 0.4) is 0 Å². The number of piperidine rings is 1. The van der Waals surface area contributed by atoms with E-state index in [1.807, 2.05) is 6.20 Å². The molecule has 5 rings (SSSR count). The van der Waals surface area contributed by atoms with Crippen molar-refractivity contribution >= 4 is 22.8 Å². The molecule has 2 fully saturated rings. The first-order valence-electron chi connectivity index (χ1n) is 14.2. The van der Waals surface area contributed by atoms with Gasteiger partial charge in [-0.1, -0.05) is 26.2 Å². The third-order valence-electron chi connectivity index (χ3n) is 7.70. The molecular weight excluding hydrogens is 496 g/mol. The maximum absolute atomic E-state index is 8.29. The van der Waals surface area contributed by atoms with Gasteiger partial charge in [-0.3, -0.25) is 9.67 Å². The molecule has 5 heterocycles. The number of anilines is 2. The maximum Gasteiger partial charge on any atom is 0.222 e. The van der Waals surface area contributed by atoms with E-state index in [9.17, 15) is 0 Å². The second-order valence-electron chi connectivity index (χ2n) is 10.4. The zero-order chi connectivity index (χ0) is 27.6. The molecule has 11 heteroatoms. The number of likely N-dealkylation sites (tertiary alicyclic amines) is 1. The van der Waals surface area contributed by atoms with Crippen molar-refractivity contribution in [2.45, 2.75) is 76.8 Å². The summed E-state index contributed by atoms with van der Waals surface area (Å²) in [6, 6.07) is 2.75. The predicted octanol–water partition coefficient (Wildman–Crippen LogP) is 3.36. The van der Waals surface area contributed by atoms with Crippen molar-refractivity contribution in [2.75, 3.05) is 51.5 Å². The average Bonchev–Trinajstić information content (AvgIpc) is 3.37. The van der Waals surface area contributed by atoms with Crippen LogP contribution in [-0.2, 0) is 11.3 Å². The van der Waals surface area contributed by atoms with Crippen molar-refractivity contribution in [1.29, 1.82) is 0 Å². The summed E-state index contributed by atoms with van der Waals surface area (Å²) in [6.45, 7) is 6.99. The number of aromatic nitrogens is 5. The molecule has 5 N–H and O–H groups in total. The molecule has 0 atom stereocenters. The van der Waals surface area contributed by atoms with Gasteiger partial charge in [0.25, 0.3) is 0 Å². The van der Waals surface area contributed by atoms with Gasteiger partial charge in [0.15, 0.2) is 5.82 Å². The van der Waals surface area contributed by atoms with Gasteiger partial charge in [-0.15, -0.1) is 0 Å². The van der Waals surface area contributed by atoms with Crippen molar-refractivity contribution in [1.82, 2.24) is 29.6 Å². The van der Waals surface area contributed by atoms with Gasteiger partial charge in [-0.25, -0.2) is 4.98 Å². The van der Waals surface area contributed by atoms with E-state index in [4.69, 9.17) is 31.0 Å². The number of ether oxygens (including phenoxy) is 2. The average molecular weight is 541 g/mol. The van der Waals surface area contributed by atoms with Gasteiger partial charge in [0.2, 0.25) is 5.95 Å². The molecule has 11 nitrogen and oxygen atoms in total. The van der Waals surface area contributed by atoms with Gasteiger partial charge in [-0.2, -0.15) is 10.1 Å². The Kier molecular flexibility index (Phi) is 10.7. The number of rotatable bonds is 9. The number of aliphatic hydroxyl groups excluding tert-OH is 1. The van der Waals surface area contributed by atoms with Crippen LogP contribution in [0.25, 0.3) is 11.0 Å². The summed E-state index contributed by atoms with van der Waals surface area (Å²) in [6.07, 6.45) is 12.7. The largest absolute Gasteiger partial charge is 0.496 e. The summed E-state index contributed by atoms with van der Waals surface area (Å²) in [5.74, 6) is 1.71. The van der Waals surface area contributed by atoms with Gasteiger partial charge in [0, 0.05) is 55.3 Å². The first kappa shape index (κ1) is 29.0. The number of nitrogens with zero attached hydrogens (tertiary/aromatic N) is 6. The number of pyridine rings is 1. The molecule has 0 radical (unpaired) electrons. The van der Waals surface area contributed by atoms with Gasteiger partial charge in [0.05, 0.1) is 19.9 Å². The third-order valence-corrected chi connectivity index (χ3v) is 7.70. The van der Waals surface area contributed by atoms with E-state index in [-0.39, 0.29) is 5.95 Å². The molecule has 0 bridgehead atoms. The fourth-order valence-corrected chi connectivity index (χ4v) is 5.49. The van der Waals surface area contributed by atoms with Crippen LogP contribution in [0.4, 0.5) is 11.8 Å². The molecular formula is C28H44N8O3. The Morgan fingerprint density at radius 1 is 1.05 bits per heavy atom. The quantitative estimate of drug-likeness (QED) is 0.345. The highest BCUT2D eigenvalue weighted by Crippen LogP contribution is 2.32. The Morgan fingerprint density at radius 2 is 1.82 bits per heavy atom. The number of nitrogen functional groups attached to an aromatic ring is 2. The fourth-order valence-electron chi connectivity index (χ4n) is 5.49. The number of hydrogen-bond donors (Lipinski definition) is 3. The van der Waals surface area contributed by atoms with Crippen molar-refractivity contribution in [3.63, 3.8) is 0 Å². The van der Waals surface area contributed by atoms with Crippen LogP contribution in [0.15, 0.2) is 18.5 Å². The van der Waals surface area contributed by atoms with Crippen molar-refractivity contribution in [2.24, 2.45) is 0 Å². The Hall–Kier alpha value is -3.02. The van der Waals surface area contributed by atoms with Gasteiger partial charge < -0.3 is 30.9 Å². The van der Waals surface area contributed by atoms with Crippen LogP contribution in [-0.4, -0.2) is 80.8 Å². The van der Waals surface area contributed by atoms with Crippen LogP contribution in [0.1, 0.15) is 75.5 Å². The molecule has 0 unspecified atom stereocenters. The molecule has 3 aromatic rings. The monoisotopic (exact) mass is 540 g/mol. The highest BCUT2D eigenvalue weighted by Gasteiger charge is 2.28. The Balaban J connectivity index is 0.000000448. The van der Waals surface area contributed by atoms with Crippen LogP contribution < -0.4 is 16.2 Å². The summed E-state index contributed by atoms with van der Waals surface area (Å²) in [5, 5.41) is 12.7. The van der Waals surface area contributed by atoms with E-state index < -0.39 is 0 Å². The number of nitrogens with two attached hydrogens (primary N) is 2. The Labute approximate surface area is 230 Å². The van der Waals surface area contributed by atoms with Crippen LogP contribution in [0.2, 0.25) is 0 Å². The summed E-state index contributed by atoms with van der Waals surface area (Å²) in [7, 11) is 1.69. The number of unbranched alkanes of at least 4 members (excludes halogenated alkanes) is 3. The predicted molar refractivity (Wildman–Crippen MR) is 153 cm³/mol. The van der Waals surface area contributed by atoms with Gasteiger partial charge in [-0.05, 0) is 45.2 Å². The molecule has 2 aliphatic rings. The second kappa shape index (κ2) is 14.4. The zero-order valence-corrected chi connectivity index (χ0v) is 23.4. The Morgan fingerprint density at radius 3 is 2.51 bits per heavy atom. The lowest BCUT2D eigenvalue weighted by molar-refractivity contribution is 0.0250. The lowest BCUT2D eigenvalue weighted by Gasteiger charge is -2.39. The highest BCUT2D eigenvalue weighted by molar-refractivity contribution is 5.85. The molecule has 2 saturated heterocycles. The van der Waals surface area contributed by atoms with Crippen LogP contribution >= 0.6 is 0 Å². The SMILES string of the molecule is CCCCCCO.COc1cc(C2CCN(C3CCOCC3)CC2)ncc1Cn1ncc2nc(N)nc(N)c21. The molecule has 0 spiro atoms. The normalized spacial score (nSPS) is 17.2. The topological polar surface area (TPSA) is 150 Å². The number of hydrogen-bond acceptors (Lipinski definition) is 10. The van der Waals surface area contributed by atoms with Gasteiger partial charge in [0.1, 0.15) is 16.8 Å². The molecule has 0 aliphatic carbocycles. The van der Waals surface area contributed by atoms with Crippen molar-refractivity contribution in [3.8, 4) is 5.75 Å². The minimum atomic E-state index is 0.140. The fraction of sp³-hybridized carbons (Fsp3) is 0.643. The zero-order valence-electron chi connectivity index (χ0n) is 23.4. The summed E-state index contributed by atoms with van der Waals surface area (Å²) >= 11 is 0. The van der Waals surface area contributed by atoms with Crippen molar-refractivity contribution < 1.29 is 14.6 Å². The molecule has 0 saturated carbocycles. The van der Waals surface area contributed by atoms with E-state index >= 15 is 0 Å². The standard InChI is InChI=1S/C22H30N8O2.C6H14O/c1-31-19-10-17(14-2-6-29(7-3-14)16-4-8-32-9-5-16)25-11-15(19)13-30-20-18(12-26-30)27-22(24)28-21(20)23;1-2-3-4-5-6-7/h10-12,14,16H,2-9,13H2,1H3,(H4,23,24,27,28);7H,2-6H2,1H3. The van der Waals surface area contributed by atoms with E-state index in [2.05, 4.69) is 33.0 Å². The van der Waals surface area contributed by atoms with E-state index in [1.54, 1.807) is 18.0 Å². The van der Waals surface area contributed by atoms with E-state index in [1.165, 1.54) is 19.3 Å². The summed E-state index contributed by atoms with van der Waals surface area (Å²) < 4.78 is 13.0. The minimum absolute atomic E-state index is 0.140. The molecule has 2 aliphatic heterocycles. The van der Waals surface area contributed by atoms with Crippen LogP contribution in [0, 0.1) is 0 Å². The maximum atomic E-state index is 8.29. The smallest absolute Gasteiger partial charge is 0.222 e. The molecule has 0 amide bonds. The molecule has 0 aromatic carbocycles. The number of aliphatic hydroxyl groups is 1. The summed E-state index contributed by atoms with van der Waals surface area (Å²) in [5.41, 5.74) is 15.1. The lowest BCUT2D eigenvalue weighted by atomic mass is 9.91. The second-order valence-corrected chi connectivity index (χ2v) is 10.4. The minimum Gasteiger partial charge on any atom is -0.496 e.